The molecule has 0 unspecified atom stereocenters. The number of benzene rings is 6. The second kappa shape index (κ2) is 13.7. The van der Waals surface area contributed by atoms with Crippen LogP contribution in [-0.2, 0) is 0 Å². The van der Waals surface area contributed by atoms with Crippen molar-refractivity contribution in [2.75, 3.05) is 0 Å². The van der Waals surface area contributed by atoms with Crippen molar-refractivity contribution >= 4 is 117 Å². The monoisotopic (exact) mass is 850 g/mol. The van der Waals surface area contributed by atoms with E-state index in [2.05, 4.69) is 179 Å². The first-order chi connectivity index (χ1) is 32.3. The number of fused-ring (bicyclic) bond motifs is 12. The van der Waals surface area contributed by atoms with Gasteiger partial charge in [-0.1, -0.05) is 97.1 Å². The summed E-state index contributed by atoms with van der Waals surface area (Å²) in [6, 6.07) is 63.7. The van der Waals surface area contributed by atoms with Crippen molar-refractivity contribution in [3.05, 3.63) is 207 Å². The quantitative estimate of drug-likeness (QED) is 0.155. The van der Waals surface area contributed by atoms with Crippen LogP contribution in [0.4, 0.5) is 0 Å². The minimum absolute atomic E-state index is 0.736. The molecule has 14 rings (SSSR count). The molecule has 304 valence electrons. The van der Waals surface area contributed by atoms with Crippen LogP contribution in [0.1, 0.15) is 0 Å². The molecule has 0 atom stereocenters. The van der Waals surface area contributed by atoms with Crippen LogP contribution in [0.5, 0.6) is 0 Å². The van der Waals surface area contributed by atoms with Crippen LogP contribution in [0, 0.1) is 0 Å². The van der Waals surface area contributed by atoms with Gasteiger partial charge in [0.1, 0.15) is 11.2 Å². The summed E-state index contributed by atoms with van der Waals surface area (Å²) in [7, 11) is -3.47. The number of pyridine rings is 4. The fourth-order valence-electron chi connectivity index (χ4n) is 10.5. The number of para-hydroxylation sites is 2. The number of hydrogen-bond acceptors (Lipinski definition) is 6. The molecule has 0 spiro atoms. The highest BCUT2D eigenvalue weighted by Gasteiger charge is 2.49. The Kier molecular flexibility index (Phi) is 7.54. The fraction of sp³-hybridized carbons (Fsp3) is 0. The highest BCUT2D eigenvalue weighted by atomic mass is 28.3. The topological polar surface area (TPSA) is 87.7 Å². The van der Waals surface area contributed by atoms with Gasteiger partial charge in [0, 0.05) is 68.5 Å². The minimum Gasteiger partial charge on any atom is -0.455 e. The molecule has 0 amide bonds. The zero-order chi connectivity index (χ0) is 42.6. The zero-order valence-electron chi connectivity index (χ0n) is 34.6. The average molecular weight is 851 g/mol. The predicted molar refractivity (Wildman–Crippen MR) is 264 cm³/mol. The molecular formula is C56H34N6O2Si. The van der Waals surface area contributed by atoms with Gasteiger partial charge >= 0.3 is 0 Å². The van der Waals surface area contributed by atoms with E-state index in [4.69, 9.17) is 28.8 Å². The lowest BCUT2D eigenvalue weighted by atomic mass is 10.1. The Labute approximate surface area is 371 Å². The van der Waals surface area contributed by atoms with Gasteiger partial charge in [-0.15, -0.1) is 0 Å². The van der Waals surface area contributed by atoms with Crippen molar-refractivity contribution in [1.29, 1.82) is 0 Å². The molecule has 14 aromatic rings. The third kappa shape index (κ3) is 5.01. The Hall–Kier alpha value is -8.66. The molecule has 0 N–H and O–H groups in total. The largest absolute Gasteiger partial charge is 0.455 e. The summed E-state index contributed by atoms with van der Waals surface area (Å²) >= 11 is 0. The number of nitrogens with zero attached hydrogens (tertiary/aromatic N) is 6. The molecule has 8 aromatic heterocycles. The minimum atomic E-state index is -3.47. The molecule has 8 heterocycles. The van der Waals surface area contributed by atoms with Crippen LogP contribution >= 0.6 is 0 Å². The Morgan fingerprint density at radius 1 is 0.338 bits per heavy atom. The van der Waals surface area contributed by atoms with Crippen molar-refractivity contribution in [3.63, 3.8) is 0 Å². The highest BCUT2D eigenvalue weighted by Crippen LogP contribution is 2.37. The van der Waals surface area contributed by atoms with Crippen molar-refractivity contribution in [1.82, 2.24) is 29.1 Å². The standard InChI is InChI=1S/C56H34N6O2Si/c1-3-13-37(14-4-1)65(38-15-5-2-6-16-38,55-53-39(27-31-59-55)43-33-35(23-25-49(43)63-53)61-45-19-9-7-17-41(45)51-47(61)21-11-29-57-51)56-54-40(28-32-60-56)44-34-36(24-26-50(44)64-54)62-46-20-10-8-18-42(46)52-48(62)22-12-30-58-52/h1-34H. The normalized spacial score (nSPS) is 12.3. The fourth-order valence-corrected chi connectivity index (χ4v) is 15.1. The molecule has 0 radical (unpaired) electrons. The molecule has 6 aromatic carbocycles. The van der Waals surface area contributed by atoms with Crippen LogP contribution in [-0.4, -0.2) is 37.1 Å². The van der Waals surface area contributed by atoms with Crippen molar-refractivity contribution < 1.29 is 8.83 Å². The summed E-state index contributed by atoms with van der Waals surface area (Å²) in [4.78, 5) is 20.4. The van der Waals surface area contributed by atoms with Gasteiger partial charge in [-0.3, -0.25) is 19.9 Å². The molecule has 0 saturated heterocycles. The van der Waals surface area contributed by atoms with Crippen LogP contribution in [0.15, 0.2) is 216 Å². The summed E-state index contributed by atoms with van der Waals surface area (Å²) in [5.74, 6) is 0. The summed E-state index contributed by atoms with van der Waals surface area (Å²) in [5.41, 5.74) is 11.3. The van der Waals surface area contributed by atoms with E-state index in [-0.39, 0.29) is 0 Å². The van der Waals surface area contributed by atoms with E-state index in [9.17, 15) is 0 Å². The van der Waals surface area contributed by atoms with E-state index in [1.807, 2.05) is 36.9 Å². The van der Waals surface area contributed by atoms with E-state index in [1.54, 1.807) is 0 Å². The molecule has 0 bridgehead atoms. The molecule has 0 aliphatic heterocycles. The van der Waals surface area contributed by atoms with Crippen LogP contribution in [0.25, 0.3) is 99.1 Å². The van der Waals surface area contributed by atoms with Crippen molar-refractivity contribution in [3.8, 4) is 11.4 Å². The van der Waals surface area contributed by atoms with Gasteiger partial charge in [-0.2, -0.15) is 0 Å². The number of rotatable bonds is 6. The van der Waals surface area contributed by atoms with Gasteiger partial charge in [-0.05, 0) is 95.3 Å². The summed E-state index contributed by atoms with van der Waals surface area (Å²) in [6.45, 7) is 0. The summed E-state index contributed by atoms with van der Waals surface area (Å²) in [5, 5.41) is 10.1. The van der Waals surface area contributed by atoms with Crippen molar-refractivity contribution in [2.45, 2.75) is 0 Å². The predicted octanol–water partition coefficient (Wildman–Crippen LogP) is 10.6. The van der Waals surface area contributed by atoms with E-state index >= 15 is 0 Å². The SMILES string of the molecule is c1ccc([Si](c2ccccc2)(c2nccc3c2oc2ccc(-n4c5ccccc5c5ncccc54)cc23)c2nccc3c2oc2ccc(-n4c5ccccc5c5ncccc54)cc23)cc1. The number of hydrogen-bond donors (Lipinski definition) is 0. The van der Waals surface area contributed by atoms with Gasteiger partial charge in [0.25, 0.3) is 0 Å². The van der Waals surface area contributed by atoms with Crippen LogP contribution in [0.2, 0.25) is 0 Å². The zero-order valence-corrected chi connectivity index (χ0v) is 35.6. The highest BCUT2D eigenvalue weighted by molar-refractivity contribution is 7.20. The Balaban J connectivity index is 1.04. The van der Waals surface area contributed by atoms with E-state index in [0.29, 0.717) is 0 Å². The Morgan fingerprint density at radius 3 is 1.25 bits per heavy atom. The maximum absolute atomic E-state index is 7.08. The van der Waals surface area contributed by atoms with Gasteiger partial charge < -0.3 is 18.0 Å². The maximum Gasteiger partial charge on any atom is 0.233 e. The van der Waals surface area contributed by atoms with E-state index in [1.165, 1.54) is 0 Å². The van der Waals surface area contributed by atoms with Crippen molar-refractivity contribution in [2.24, 2.45) is 0 Å². The van der Waals surface area contributed by atoms with Gasteiger partial charge in [-0.25, -0.2) is 0 Å². The lowest BCUT2D eigenvalue weighted by molar-refractivity contribution is 0.669. The molecule has 0 aliphatic carbocycles. The molecule has 8 nitrogen and oxygen atoms in total. The van der Waals surface area contributed by atoms with Gasteiger partial charge in [0.15, 0.2) is 11.2 Å². The summed E-state index contributed by atoms with van der Waals surface area (Å²) < 4.78 is 18.8. The lowest BCUT2D eigenvalue weighted by Gasteiger charge is -2.31. The lowest BCUT2D eigenvalue weighted by Crippen LogP contribution is -2.76. The van der Waals surface area contributed by atoms with Gasteiger partial charge in [0.05, 0.1) is 43.7 Å². The summed E-state index contributed by atoms with van der Waals surface area (Å²) in [6.07, 6.45) is 7.59. The molecule has 0 saturated carbocycles. The van der Waals surface area contributed by atoms with Crippen LogP contribution < -0.4 is 21.0 Å². The first-order valence-corrected chi connectivity index (χ1v) is 23.7. The third-order valence-electron chi connectivity index (χ3n) is 13.2. The Morgan fingerprint density at radius 2 is 0.769 bits per heavy atom. The molecule has 9 heteroatoms. The first-order valence-electron chi connectivity index (χ1n) is 21.7. The molecule has 65 heavy (non-hydrogen) atoms. The smallest absolute Gasteiger partial charge is 0.233 e. The third-order valence-corrected chi connectivity index (χ3v) is 17.8. The van der Waals surface area contributed by atoms with E-state index in [0.717, 1.165) is 120 Å². The van der Waals surface area contributed by atoms with Crippen LogP contribution in [0.3, 0.4) is 0 Å². The first kappa shape index (κ1) is 35.9. The molecular weight excluding hydrogens is 817 g/mol. The Bertz CT molecular complexity index is 3830. The average Bonchev–Trinajstić information content (AvgIpc) is 4.13. The second-order valence-electron chi connectivity index (χ2n) is 16.6. The molecule has 0 aliphatic rings. The molecule has 0 fully saturated rings. The van der Waals surface area contributed by atoms with E-state index < -0.39 is 8.07 Å². The van der Waals surface area contributed by atoms with Gasteiger partial charge in [0.2, 0.25) is 8.07 Å². The second-order valence-corrected chi connectivity index (χ2v) is 20.2. The maximum atomic E-state index is 7.08. The number of furan rings is 2. The number of aromatic nitrogens is 6.